The van der Waals surface area contributed by atoms with E-state index in [-0.39, 0.29) is 6.03 Å². The maximum Gasteiger partial charge on any atom is 0.326 e. The standard InChI is InChI=1S/C13H16N4O2S/c1-7-3-4-9-10(5-7)20-13(14-9)16-12(18)15-11-6-8(2)19-17-11/h6-7H,3-5H2,1-2H3,(H2,14,15,16,17,18)/t7-/m0/s1. The molecule has 106 valence electrons. The van der Waals surface area contributed by atoms with E-state index in [4.69, 9.17) is 4.52 Å². The van der Waals surface area contributed by atoms with E-state index in [1.165, 1.54) is 11.3 Å². The fraction of sp³-hybridized carbons (Fsp3) is 0.462. The van der Waals surface area contributed by atoms with Crippen LogP contribution in [0, 0.1) is 12.8 Å². The van der Waals surface area contributed by atoms with Gasteiger partial charge in [0.25, 0.3) is 0 Å². The molecule has 2 aromatic heterocycles. The molecule has 2 N–H and O–H groups in total. The Bertz CT molecular complexity index is 634. The number of hydrogen-bond acceptors (Lipinski definition) is 5. The van der Waals surface area contributed by atoms with E-state index in [0.717, 1.165) is 18.5 Å². The zero-order valence-corrected chi connectivity index (χ0v) is 12.2. The Hall–Kier alpha value is -1.89. The van der Waals surface area contributed by atoms with Crippen LogP contribution in [0.1, 0.15) is 29.7 Å². The number of anilines is 2. The first-order valence-corrected chi connectivity index (χ1v) is 7.41. The third-order valence-electron chi connectivity index (χ3n) is 3.28. The summed E-state index contributed by atoms with van der Waals surface area (Å²) < 4.78 is 4.89. The van der Waals surface area contributed by atoms with Gasteiger partial charge in [-0.2, -0.15) is 0 Å². The van der Waals surface area contributed by atoms with E-state index in [2.05, 4.69) is 27.7 Å². The van der Waals surface area contributed by atoms with Crippen LogP contribution in [0.15, 0.2) is 10.6 Å². The highest BCUT2D eigenvalue weighted by atomic mass is 32.1. The van der Waals surface area contributed by atoms with E-state index in [1.54, 1.807) is 24.3 Å². The summed E-state index contributed by atoms with van der Waals surface area (Å²) in [6.07, 6.45) is 3.22. The van der Waals surface area contributed by atoms with Gasteiger partial charge >= 0.3 is 6.03 Å². The number of rotatable bonds is 2. The van der Waals surface area contributed by atoms with Crippen molar-refractivity contribution in [2.75, 3.05) is 10.6 Å². The molecule has 0 saturated carbocycles. The van der Waals surface area contributed by atoms with E-state index in [1.807, 2.05) is 0 Å². The minimum Gasteiger partial charge on any atom is -0.360 e. The van der Waals surface area contributed by atoms with Gasteiger partial charge in [-0.25, -0.2) is 9.78 Å². The van der Waals surface area contributed by atoms with Crippen LogP contribution in [0.3, 0.4) is 0 Å². The molecule has 0 radical (unpaired) electrons. The summed E-state index contributed by atoms with van der Waals surface area (Å²) in [5.74, 6) is 1.75. The normalized spacial score (nSPS) is 17.6. The van der Waals surface area contributed by atoms with Crippen LogP contribution in [-0.2, 0) is 12.8 Å². The molecule has 1 aliphatic rings. The molecule has 7 heteroatoms. The number of nitrogens with one attached hydrogen (secondary N) is 2. The Morgan fingerprint density at radius 2 is 2.35 bits per heavy atom. The fourth-order valence-corrected chi connectivity index (χ4v) is 3.43. The van der Waals surface area contributed by atoms with Crippen LogP contribution in [0.25, 0.3) is 0 Å². The maximum absolute atomic E-state index is 11.8. The van der Waals surface area contributed by atoms with E-state index < -0.39 is 0 Å². The number of carbonyl (C=O) groups excluding carboxylic acids is 1. The molecule has 1 aliphatic carbocycles. The molecular formula is C13H16N4O2S. The molecule has 0 fully saturated rings. The van der Waals surface area contributed by atoms with Crippen LogP contribution in [0.4, 0.5) is 15.7 Å². The topological polar surface area (TPSA) is 80.0 Å². The maximum atomic E-state index is 11.8. The van der Waals surface area contributed by atoms with Crippen molar-refractivity contribution >= 4 is 28.3 Å². The van der Waals surface area contributed by atoms with Gasteiger partial charge in [0, 0.05) is 10.9 Å². The molecule has 0 bridgehead atoms. The van der Waals surface area contributed by atoms with Gasteiger partial charge in [0.1, 0.15) is 5.76 Å². The number of aromatic nitrogens is 2. The van der Waals surface area contributed by atoms with Gasteiger partial charge in [0.2, 0.25) is 0 Å². The largest absolute Gasteiger partial charge is 0.360 e. The third-order valence-corrected chi connectivity index (χ3v) is 4.31. The minimum absolute atomic E-state index is 0.350. The second-order valence-corrected chi connectivity index (χ2v) is 6.22. The lowest BCUT2D eigenvalue weighted by atomic mass is 9.93. The Morgan fingerprint density at radius 1 is 1.50 bits per heavy atom. The van der Waals surface area contributed by atoms with Gasteiger partial charge < -0.3 is 4.52 Å². The smallest absolute Gasteiger partial charge is 0.326 e. The number of thiazole rings is 1. The molecule has 0 saturated heterocycles. The number of fused-ring (bicyclic) bond motifs is 1. The summed E-state index contributed by atoms with van der Waals surface area (Å²) >= 11 is 1.56. The summed E-state index contributed by atoms with van der Waals surface area (Å²) in [6, 6.07) is 1.31. The van der Waals surface area contributed by atoms with Crippen molar-refractivity contribution in [1.82, 2.24) is 10.1 Å². The minimum atomic E-state index is -0.350. The van der Waals surface area contributed by atoms with Crippen molar-refractivity contribution in [2.24, 2.45) is 5.92 Å². The van der Waals surface area contributed by atoms with Crippen molar-refractivity contribution < 1.29 is 9.32 Å². The van der Waals surface area contributed by atoms with E-state index in [9.17, 15) is 4.79 Å². The van der Waals surface area contributed by atoms with Gasteiger partial charge in [-0.15, -0.1) is 11.3 Å². The Labute approximate surface area is 120 Å². The first kappa shape index (κ1) is 13.1. The van der Waals surface area contributed by atoms with Crippen molar-refractivity contribution in [3.05, 3.63) is 22.4 Å². The Kier molecular flexibility index (Phi) is 3.43. The molecule has 0 aliphatic heterocycles. The highest BCUT2D eigenvalue weighted by Gasteiger charge is 2.20. The quantitative estimate of drug-likeness (QED) is 0.890. The summed E-state index contributed by atoms with van der Waals surface area (Å²) in [5.41, 5.74) is 1.13. The highest BCUT2D eigenvalue weighted by Crippen LogP contribution is 2.32. The number of nitrogens with zero attached hydrogens (tertiary/aromatic N) is 2. The summed E-state index contributed by atoms with van der Waals surface area (Å²) in [7, 11) is 0. The predicted molar refractivity (Wildman–Crippen MR) is 77.2 cm³/mol. The van der Waals surface area contributed by atoms with Crippen LogP contribution in [0.2, 0.25) is 0 Å². The fourth-order valence-electron chi connectivity index (χ4n) is 2.26. The first-order chi connectivity index (χ1) is 9.60. The molecular weight excluding hydrogens is 276 g/mol. The number of aryl methyl sites for hydroxylation is 2. The van der Waals surface area contributed by atoms with Gasteiger partial charge in [-0.05, 0) is 32.1 Å². The number of amides is 2. The molecule has 2 amide bonds. The van der Waals surface area contributed by atoms with Gasteiger partial charge in [0.05, 0.1) is 5.69 Å². The third kappa shape index (κ3) is 2.82. The lowest BCUT2D eigenvalue weighted by Gasteiger charge is -2.15. The molecule has 1 atom stereocenters. The second kappa shape index (κ2) is 5.24. The first-order valence-electron chi connectivity index (χ1n) is 6.60. The molecule has 2 aromatic rings. The van der Waals surface area contributed by atoms with Gasteiger partial charge in [-0.3, -0.25) is 10.6 Å². The van der Waals surface area contributed by atoms with Gasteiger partial charge in [-0.1, -0.05) is 12.1 Å². The molecule has 6 nitrogen and oxygen atoms in total. The molecule has 2 heterocycles. The average molecular weight is 292 g/mol. The number of carbonyl (C=O) groups is 1. The van der Waals surface area contributed by atoms with Crippen molar-refractivity contribution in [3.63, 3.8) is 0 Å². The van der Waals surface area contributed by atoms with Crippen molar-refractivity contribution in [2.45, 2.75) is 33.1 Å². The molecule has 20 heavy (non-hydrogen) atoms. The molecule has 0 spiro atoms. The zero-order valence-electron chi connectivity index (χ0n) is 11.4. The zero-order chi connectivity index (χ0) is 14.1. The monoisotopic (exact) mass is 292 g/mol. The van der Waals surface area contributed by atoms with Crippen LogP contribution in [-0.4, -0.2) is 16.2 Å². The summed E-state index contributed by atoms with van der Waals surface area (Å²) in [4.78, 5) is 17.6. The Morgan fingerprint density at radius 3 is 3.10 bits per heavy atom. The predicted octanol–water partition coefficient (Wildman–Crippen LogP) is 3.21. The highest BCUT2D eigenvalue weighted by molar-refractivity contribution is 7.15. The lowest BCUT2D eigenvalue weighted by molar-refractivity contribution is 0.262. The molecule has 0 unspecified atom stereocenters. The van der Waals surface area contributed by atoms with E-state index >= 15 is 0 Å². The molecule has 3 rings (SSSR count). The van der Waals surface area contributed by atoms with Crippen molar-refractivity contribution in [3.8, 4) is 0 Å². The number of urea groups is 1. The van der Waals surface area contributed by atoms with Crippen molar-refractivity contribution in [1.29, 1.82) is 0 Å². The summed E-state index contributed by atoms with van der Waals surface area (Å²) in [5, 5.41) is 9.71. The SMILES string of the molecule is Cc1cc(NC(=O)Nc2nc3c(s2)C[C@@H](C)CC3)no1. The van der Waals surface area contributed by atoms with Crippen LogP contribution in [0.5, 0.6) is 0 Å². The lowest BCUT2D eigenvalue weighted by Crippen LogP contribution is -2.19. The van der Waals surface area contributed by atoms with E-state index in [0.29, 0.717) is 22.6 Å². The summed E-state index contributed by atoms with van der Waals surface area (Å²) in [6.45, 7) is 4.02. The van der Waals surface area contributed by atoms with Crippen LogP contribution < -0.4 is 10.6 Å². The second-order valence-electron chi connectivity index (χ2n) is 5.14. The van der Waals surface area contributed by atoms with Gasteiger partial charge in [0.15, 0.2) is 10.9 Å². The van der Waals surface area contributed by atoms with Crippen LogP contribution >= 0.6 is 11.3 Å². The average Bonchev–Trinajstić information content (AvgIpc) is 2.94. The Balaban J connectivity index is 1.64. The number of hydrogen-bond donors (Lipinski definition) is 2. The molecule has 0 aromatic carbocycles.